The van der Waals surface area contributed by atoms with Crippen molar-refractivity contribution in [1.29, 1.82) is 0 Å². The number of carbonyl (C=O) groups excluding carboxylic acids is 1. The van der Waals surface area contributed by atoms with Gasteiger partial charge in [-0.25, -0.2) is 4.98 Å². The third kappa shape index (κ3) is 3.78. The lowest BCUT2D eigenvalue weighted by Gasteiger charge is -2.35. The molecule has 2 heterocycles. The fourth-order valence-electron chi connectivity index (χ4n) is 3.42. The summed E-state index contributed by atoms with van der Waals surface area (Å²) in [5.74, 6) is 0.442. The molecule has 1 amide bonds. The molecule has 0 radical (unpaired) electrons. The van der Waals surface area contributed by atoms with E-state index in [-0.39, 0.29) is 5.91 Å². The summed E-state index contributed by atoms with van der Waals surface area (Å²) in [5.41, 5.74) is 2.06. The van der Waals surface area contributed by atoms with Gasteiger partial charge in [0.1, 0.15) is 10.6 Å². The second-order valence-corrected chi connectivity index (χ2v) is 7.70. The Hall–Kier alpha value is -1.88. The van der Waals surface area contributed by atoms with Gasteiger partial charge in [0.05, 0.1) is 10.7 Å². The molecule has 0 saturated carbocycles. The lowest BCUT2D eigenvalue weighted by atomic mass is 9.95. The molecule has 3 rings (SSSR count). The number of hydrogen-bond acceptors (Lipinski definition) is 4. The predicted octanol–water partition coefficient (Wildman–Crippen LogP) is 4.09. The topological polar surface area (TPSA) is 53.4 Å². The van der Waals surface area contributed by atoms with Crippen LogP contribution in [0.2, 0.25) is 0 Å². The molecule has 4 nitrogen and oxygen atoms in total. The minimum atomic E-state index is 0.147. The van der Waals surface area contributed by atoms with Crippen LogP contribution in [0.15, 0.2) is 24.3 Å². The van der Waals surface area contributed by atoms with Crippen molar-refractivity contribution in [1.82, 2.24) is 9.88 Å². The van der Waals surface area contributed by atoms with Crippen LogP contribution >= 0.6 is 11.3 Å². The second kappa shape index (κ2) is 7.34. The Bertz CT molecular complexity index is 709. The van der Waals surface area contributed by atoms with Gasteiger partial charge in [0, 0.05) is 12.6 Å². The van der Waals surface area contributed by atoms with E-state index in [1.54, 1.807) is 12.1 Å². The molecule has 1 N–H and O–H groups in total. The van der Waals surface area contributed by atoms with E-state index in [0.717, 1.165) is 47.8 Å². The standard InChI is InChI=1S/C19H24N2O2S/c1-13-18(24-14(2)20-13)19(23)21-12-4-3-5-16(21)9-6-15-7-10-17(22)11-8-15/h7-8,10-11,16,22H,3-6,9,12H2,1-2H3. The third-order valence-electron chi connectivity index (χ3n) is 4.69. The number of benzene rings is 1. The fourth-order valence-corrected chi connectivity index (χ4v) is 4.30. The number of rotatable bonds is 4. The van der Waals surface area contributed by atoms with Crippen LogP contribution in [0.4, 0.5) is 0 Å². The van der Waals surface area contributed by atoms with Gasteiger partial charge in [-0.3, -0.25) is 4.79 Å². The molecular formula is C19H24N2O2S. The van der Waals surface area contributed by atoms with Gasteiger partial charge in [0.25, 0.3) is 5.91 Å². The van der Waals surface area contributed by atoms with Crippen molar-refractivity contribution in [3.05, 3.63) is 45.4 Å². The minimum absolute atomic E-state index is 0.147. The van der Waals surface area contributed by atoms with Gasteiger partial charge < -0.3 is 10.0 Å². The van der Waals surface area contributed by atoms with E-state index in [0.29, 0.717) is 11.8 Å². The first kappa shape index (κ1) is 17.0. The van der Waals surface area contributed by atoms with Crippen LogP contribution in [-0.2, 0) is 6.42 Å². The molecule has 128 valence electrons. The minimum Gasteiger partial charge on any atom is -0.508 e. The molecule has 1 saturated heterocycles. The van der Waals surface area contributed by atoms with Crippen LogP contribution in [0.5, 0.6) is 5.75 Å². The lowest BCUT2D eigenvalue weighted by molar-refractivity contribution is 0.0606. The number of amides is 1. The van der Waals surface area contributed by atoms with Crippen LogP contribution in [0.3, 0.4) is 0 Å². The number of piperidine rings is 1. The predicted molar refractivity (Wildman–Crippen MR) is 96.7 cm³/mol. The van der Waals surface area contributed by atoms with Crippen molar-refractivity contribution in [2.24, 2.45) is 0 Å². The van der Waals surface area contributed by atoms with Gasteiger partial charge >= 0.3 is 0 Å². The van der Waals surface area contributed by atoms with Gasteiger partial charge in [-0.05, 0) is 63.6 Å². The van der Waals surface area contributed by atoms with Gasteiger partial charge in [-0.1, -0.05) is 12.1 Å². The van der Waals surface area contributed by atoms with Crippen molar-refractivity contribution in [2.75, 3.05) is 6.54 Å². The average Bonchev–Trinajstić information content (AvgIpc) is 2.92. The van der Waals surface area contributed by atoms with Crippen molar-refractivity contribution >= 4 is 17.2 Å². The summed E-state index contributed by atoms with van der Waals surface area (Å²) >= 11 is 1.50. The molecule has 2 aromatic rings. The summed E-state index contributed by atoms with van der Waals surface area (Å²) in [6, 6.07) is 7.66. The Kier molecular flexibility index (Phi) is 5.19. The fraction of sp³-hybridized carbons (Fsp3) is 0.474. The van der Waals surface area contributed by atoms with E-state index in [2.05, 4.69) is 9.88 Å². The van der Waals surface area contributed by atoms with Crippen LogP contribution in [0.1, 0.15) is 51.6 Å². The van der Waals surface area contributed by atoms with Gasteiger partial charge in [-0.2, -0.15) is 0 Å². The summed E-state index contributed by atoms with van der Waals surface area (Å²) in [7, 11) is 0. The molecule has 1 atom stereocenters. The van der Waals surface area contributed by atoms with E-state index in [1.165, 1.54) is 23.3 Å². The number of aryl methyl sites for hydroxylation is 3. The molecule has 5 heteroatoms. The van der Waals surface area contributed by atoms with E-state index >= 15 is 0 Å². The first-order valence-electron chi connectivity index (χ1n) is 8.57. The Morgan fingerprint density at radius 1 is 1.29 bits per heavy atom. The molecule has 1 aliphatic heterocycles. The molecule has 0 spiro atoms. The summed E-state index contributed by atoms with van der Waals surface area (Å²) in [6.07, 6.45) is 5.23. The highest BCUT2D eigenvalue weighted by Gasteiger charge is 2.29. The molecule has 1 fully saturated rings. The Morgan fingerprint density at radius 2 is 2.04 bits per heavy atom. The molecule has 1 unspecified atom stereocenters. The first-order valence-corrected chi connectivity index (χ1v) is 9.39. The van der Waals surface area contributed by atoms with Gasteiger partial charge in [-0.15, -0.1) is 11.3 Å². The highest BCUT2D eigenvalue weighted by Crippen LogP contribution is 2.27. The van der Waals surface area contributed by atoms with Crippen LogP contribution < -0.4 is 0 Å². The maximum absolute atomic E-state index is 13.0. The van der Waals surface area contributed by atoms with E-state index < -0.39 is 0 Å². The third-order valence-corrected chi connectivity index (χ3v) is 5.75. The van der Waals surface area contributed by atoms with Gasteiger partial charge in [0.2, 0.25) is 0 Å². The highest BCUT2D eigenvalue weighted by atomic mass is 32.1. The SMILES string of the molecule is Cc1nc(C)c(C(=O)N2CCCCC2CCc2ccc(O)cc2)s1. The van der Waals surface area contributed by atoms with Crippen molar-refractivity contribution < 1.29 is 9.90 Å². The molecule has 1 aromatic carbocycles. The monoisotopic (exact) mass is 344 g/mol. The number of phenolic OH excluding ortho intramolecular Hbond substituents is 1. The average molecular weight is 344 g/mol. The first-order chi connectivity index (χ1) is 11.5. The number of carbonyl (C=O) groups is 1. The summed E-state index contributed by atoms with van der Waals surface area (Å²) in [5, 5.41) is 10.3. The lowest BCUT2D eigenvalue weighted by Crippen LogP contribution is -2.43. The molecule has 0 aliphatic carbocycles. The quantitative estimate of drug-likeness (QED) is 0.909. The molecule has 1 aliphatic rings. The van der Waals surface area contributed by atoms with Gasteiger partial charge in [0.15, 0.2) is 0 Å². The molecule has 0 bridgehead atoms. The highest BCUT2D eigenvalue weighted by molar-refractivity contribution is 7.13. The molecule has 24 heavy (non-hydrogen) atoms. The summed E-state index contributed by atoms with van der Waals surface area (Å²) in [4.78, 5) is 20.2. The maximum Gasteiger partial charge on any atom is 0.266 e. The smallest absolute Gasteiger partial charge is 0.266 e. The number of thiazole rings is 1. The van der Waals surface area contributed by atoms with Crippen LogP contribution in [0.25, 0.3) is 0 Å². The van der Waals surface area contributed by atoms with Crippen molar-refractivity contribution in [2.45, 2.75) is 52.0 Å². The number of aromatic nitrogens is 1. The zero-order chi connectivity index (χ0) is 17.1. The van der Waals surface area contributed by atoms with Crippen LogP contribution in [-0.4, -0.2) is 33.5 Å². The number of nitrogens with zero attached hydrogens (tertiary/aromatic N) is 2. The van der Waals surface area contributed by atoms with Crippen molar-refractivity contribution in [3.63, 3.8) is 0 Å². The summed E-state index contributed by atoms with van der Waals surface area (Å²) in [6.45, 7) is 4.72. The second-order valence-electron chi connectivity index (χ2n) is 6.50. The number of phenols is 1. The maximum atomic E-state index is 13.0. The zero-order valence-electron chi connectivity index (χ0n) is 14.3. The Morgan fingerprint density at radius 3 is 2.71 bits per heavy atom. The normalized spacial score (nSPS) is 17.9. The Balaban J connectivity index is 1.70. The number of aromatic hydroxyl groups is 1. The molecule has 1 aromatic heterocycles. The molecular weight excluding hydrogens is 320 g/mol. The van der Waals surface area contributed by atoms with Crippen LogP contribution in [0, 0.1) is 13.8 Å². The van der Waals surface area contributed by atoms with E-state index in [4.69, 9.17) is 0 Å². The summed E-state index contributed by atoms with van der Waals surface area (Å²) < 4.78 is 0. The van der Waals surface area contributed by atoms with E-state index in [9.17, 15) is 9.90 Å². The number of hydrogen-bond donors (Lipinski definition) is 1. The Labute approximate surface area is 147 Å². The van der Waals surface area contributed by atoms with Crippen molar-refractivity contribution in [3.8, 4) is 5.75 Å². The van der Waals surface area contributed by atoms with E-state index in [1.807, 2.05) is 26.0 Å². The largest absolute Gasteiger partial charge is 0.508 e. The zero-order valence-corrected chi connectivity index (χ0v) is 15.1. The number of likely N-dealkylation sites (tertiary alicyclic amines) is 1.